The van der Waals surface area contributed by atoms with Crippen molar-refractivity contribution in [1.82, 2.24) is 39.6 Å². The first kappa shape index (κ1) is 31.6. The molecule has 0 spiro atoms. The van der Waals surface area contributed by atoms with Crippen LogP contribution in [0.5, 0.6) is 5.75 Å². The zero-order valence-electron chi connectivity index (χ0n) is 27.5. The van der Waals surface area contributed by atoms with Gasteiger partial charge >= 0.3 is 0 Å². The summed E-state index contributed by atoms with van der Waals surface area (Å²) in [4.78, 5) is 23.6. The Balaban J connectivity index is 1.02. The Morgan fingerprint density at radius 3 is 2.62 bits per heavy atom. The third-order valence-electron chi connectivity index (χ3n) is 10.1. The van der Waals surface area contributed by atoms with Crippen LogP contribution < -0.4 is 10.1 Å². The summed E-state index contributed by atoms with van der Waals surface area (Å²) >= 11 is 0. The predicted molar refractivity (Wildman–Crippen MR) is 187 cm³/mol. The Labute approximate surface area is 281 Å². The van der Waals surface area contributed by atoms with Crippen LogP contribution in [-0.4, -0.2) is 91.3 Å². The van der Waals surface area contributed by atoms with Crippen molar-refractivity contribution in [2.45, 2.75) is 50.1 Å². The summed E-state index contributed by atoms with van der Waals surface area (Å²) in [6, 6.07) is 24.9. The van der Waals surface area contributed by atoms with E-state index in [2.05, 4.69) is 85.4 Å². The summed E-state index contributed by atoms with van der Waals surface area (Å²) in [6.07, 6.45) is 8.41. The van der Waals surface area contributed by atoms with Crippen LogP contribution >= 0.6 is 0 Å². The number of fused-ring (bicyclic) bond motifs is 1. The van der Waals surface area contributed by atoms with Gasteiger partial charge < -0.3 is 24.4 Å². The molecule has 11 heteroatoms. The first-order valence-electron chi connectivity index (χ1n) is 16.9. The van der Waals surface area contributed by atoms with Gasteiger partial charge in [0.15, 0.2) is 0 Å². The molecule has 2 aromatic heterocycles. The highest BCUT2D eigenvalue weighted by Gasteiger charge is 2.42. The van der Waals surface area contributed by atoms with Crippen LogP contribution in [0.2, 0.25) is 0 Å². The number of likely N-dealkylation sites (tertiary alicyclic amines) is 2. The molecule has 2 aliphatic heterocycles. The Bertz CT molecular complexity index is 1850. The number of para-hydroxylation sites is 2. The molecule has 1 unspecified atom stereocenters. The van der Waals surface area contributed by atoms with E-state index in [9.17, 15) is 4.79 Å². The van der Waals surface area contributed by atoms with Gasteiger partial charge in [0.2, 0.25) is 5.95 Å². The average molecular weight is 646 g/mol. The number of ether oxygens (including phenoxy) is 1. The Hall–Kier alpha value is -5.03. The van der Waals surface area contributed by atoms with Gasteiger partial charge in [-0.05, 0) is 85.0 Å². The van der Waals surface area contributed by atoms with Crippen LogP contribution in [0.1, 0.15) is 48.0 Å². The summed E-state index contributed by atoms with van der Waals surface area (Å²) in [7, 11) is 1.60. The highest BCUT2D eigenvalue weighted by Crippen LogP contribution is 2.39. The van der Waals surface area contributed by atoms with Crippen LogP contribution in [0, 0.1) is 0 Å². The number of aromatic nitrogens is 6. The van der Waals surface area contributed by atoms with E-state index in [4.69, 9.17) is 9.72 Å². The maximum absolute atomic E-state index is 14.1. The number of nitrogens with zero attached hydrogens (tertiary/aromatic N) is 8. The number of rotatable bonds is 12. The number of aryl methyl sites for hydroxylation is 1. The highest BCUT2D eigenvalue weighted by atomic mass is 16.5. The number of hydrogen-bond donors (Lipinski definition) is 1. The second kappa shape index (κ2) is 14.0. The average Bonchev–Trinajstić information content (AvgIpc) is 3.90. The Morgan fingerprint density at radius 2 is 1.85 bits per heavy atom. The van der Waals surface area contributed by atoms with Crippen LogP contribution in [0.25, 0.3) is 16.7 Å². The van der Waals surface area contributed by atoms with Crippen molar-refractivity contribution in [3.05, 3.63) is 103 Å². The molecule has 0 saturated carbocycles. The van der Waals surface area contributed by atoms with Crippen molar-refractivity contribution in [2.75, 3.05) is 45.2 Å². The van der Waals surface area contributed by atoms with E-state index in [0.717, 1.165) is 75.3 Å². The number of allylic oxidation sites excluding steroid dienone is 1. The van der Waals surface area contributed by atoms with Crippen molar-refractivity contribution < 1.29 is 9.53 Å². The predicted octanol–water partition coefficient (Wildman–Crippen LogP) is 5.35. The lowest BCUT2D eigenvalue weighted by molar-refractivity contribution is 0.0776. The van der Waals surface area contributed by atoms with Gasteiger partial charge in [-0.15, -0.1) is 11.7 Å². The number of anilines is 1. The molecule has 4 heterocycles. The fourth-order valence-electron chi connectivity index (χ4n) is 7.37. The molecule has 1 atom stereocenters. The smallest absolute Gasteiger partial charge is 0.257 e. The van der Waals surface area contributed by atoms with Gasteiger partial charge in [-0.25, -0.2) is 9.67 Å². The third kappa shape index (κ3) is 6.42. The van der Waals surface area contributed by atoms with Gasteiger partial charge in [-0.1, -0.05) is 48.5 Å². The maximum Gasteiger partial charge on any atom is 0.257 e. The van der Waals surface area contributed by atoms with Crippen LogP contribution in [-0.2, 0) is 12.0 Å². The van der Waals surface area contributed by atoms with Gasteiger partial charge in [0.25, 0.3) is 5.91 Å². The Kier molecular flexibility index (Phi) is 9.20. The topological polar surface area (TPSA) is 106 Å². The number of carbonyl (C=O) groups is 1. The summed E-state index contributed by atoms with van der Waals surface area (Å²) < 4.78 is 9.45. The van der Waals surface area contributed by atoms with E-state index in [-0.39, 0.29) is 11.3 Å². The second-order valence-corrected chi connectivity index (χ2v) is 12.9. The van der Waals surface area contributed by atoms with Crippen LogP contribution in [0.15, 0.2) is 91.8 Å². The third-order valence-corrected chi connectivity index (χ3v) is 10.1. The van der Waals surface area contributed by atoms with Crippen LogP contribution in [0.4, 0.5) is 5.95 Å². The number of carbonyl (C=O) groups excluding carboxylic acids is 1. The molecule has 48 heavy (non-hydrogen) atoms. The molecule has 1 amide bonds. The lowest BCUT2D eigenvalue weighted by atomic mass is 9.76. The van der Waals surface area contributed by atoms with E-state index in [1.807, 2.05) is 29.2 Å². The first-order valence-corrected chi connectivity index (χ1v) is 16.9. The quantitative estimate of drug-likeness (QED) is 0.181. The van der Waals surface area contributed by atoms with E-state index >= 15 is 0 Å². The zero-order valence-corrected chi connectivity index (χ0v) is 27.5. The molecular formula is C37H43N9O2. The van der Waals surface area contributed by atoms with Crippen molar-refractivity contribution in [3.8, 4) is 11.4 Å². The molecule has 11 nitrogen and oxygen atoms in total. The van der Waals surface area contributed by atoms with Crippen LogP contribution in [0.3, 0.4) is 0 Å². The second-order valence-electron chi connectivity index (χ2n) is 12.9. The molecule has 2 fully saturated rings. The molecule has 2 aliphatic rings. The van der Waals surface area contributed by atoms with E-state index in [1.54, 1.807) is 17.9 Å². The zero-order chi connectivity index (χ0) is 32.9. The normalized spacial score (nSPS) is 18.7. The highest BCUT2D eigenvalue weighted by molar-refractivity contribution is 5.98. The molecule has 1 N–H and O–H groups in total. The molecule has 7 rings (SSSR count). The number of hydrogen-bond acceptors (Lipinski definition) is 8. The fraction of sp³-hybridized carbons (Fsp3) is 0.378. The van der Waals surface area contributed by atoms with Crippen molar-refractivity contribution in [3.63, 3.8) is 0 Å². The fourth-order valence-corrected chi connectivity index (χ4v) is 7.37. The van der Waals surface area contributed by atoms with Gasteiger partial charge in [-0.2, -0.15) is 0 Å². The van der Waals surface area contributed by atoms with Gasteiger partial charge in [0.05, 0.1) is 29.4 Å². The SMILES string of the molecule is C=CCCn1c(NC2CCN(CCC3(c4ccccc4)CCN(C(=O)c4cc(-n5cnnn5)ccc4OC)C3)CC2)nc2ccccc21. The number of amides is 1. The number of methoxy groups -OCH3 is 1. The van der Waals surface area contributed by atoms with Gasteiger partial charge in [-0.3, -0.25) is 4.79 Å². The number of piperidine rings is 1. The summed E-state index contributed by atoms with van der Waals surface area (Å²) in [5, 5.41) is 15.3. The summed E-state index contributed by atoms with van der Waals surface area (Å²) in [6.45, 7) is 9.17. The standard InChI is InChI=1S/C37H43N9O2/c1-3-4-20-45-33-13-9-8-12-32(33)40-36(45)39-29-16-21-43(22-17-29)23-18-37(28-10-6-5-7-11-28)19-24-44(26-37)35(47)31-25-30(14-15-34(31)48-2)46-27-38-41-42-46/h3,5-15,25,27,29H,1,4,16-24,26H2,2H3,(H,39,40). The monoisotopic (exact) mass is 645 g/mol. The van der Waals surface area contributed by atoms with E-state index in [0.29, 0.717) is 36.1 Å². The molecule has 2 saturated heterocycles. The lowest BCUT2D eigenvalue weighted by Crippen LogP contribution is -2.42. The van der Waals surface area contributed by atoms with E-state index in [1.165, 1.54) is 11.9 Å². The van der Waals surface area contributed by atoms with E-state index < -0.39 is 0 Å². The lowest BCUT2D eigenvalue weighted by Gasteiger charge is -2.36. The molecule has 5 aromatic rings. The molecule has 0 aliphatic carbocycles. The maximum atomic E-state index is 14.1. The number of tetrazole rings is 1. The molecular weight excluding hydrogens is 602 g/mol. The minimum Gasteiger partial charge on any atom is -0.496 e. The van der Waals surface area contributed by atoms with Gasteiger partial charge in [0.1, 0.15) is 12.1 Å². The number of benzene rings is 3. The summed E-state index contributed by atoms with van der Waals surface area (Å²) in [5.41, 5.74) is 4.59. The number of nitrogens with one attached hydrogen (secondary N) is 1. The van der Waals surface area contributed by atoms with Crippen molar-refractivity contribution >= 4 is 22.9 Å². The minimum absolute atomic E-state index is 0.0365. The first-order chi connectivity index (χ1) is 23.6. The minimum atomic E-state index is -0.122. The molecule has 248 valence electrons. The molecule has 3 aromatic carbocycles. The van der Waals surface area contributed by atoms with Crippen molar-refractivity contribution in [1.29, 1.82) is 0 Å². The van der Waals surface area contributed by atoms with Crippen molar-refractivity contribution in [2.24, 2.45) is 0 Å². The molecule has 0 bridgehead atoms. The largest absolute Gasteiger partial charge is 0.496 e. The molecule has 0 radical (unpaired) electrons. The summed E-state index contributed by atoms with van der Waals surface area (Å²) in [5.74, 6) is 1.46. The number of imidazole rings is 1. The van der Waals surface area contributed by atoms with Gasteiger partial charge in [0, 0.05) is 44.2 Å². The Morgan fingerprint density at radius 1 is 1.04 bits per heavy atom.